The Bertz CT molecular complexity index is 395. The minimum Gasteiger partial charge on any atom is -0.479 e. The van der Waals surface area contributed by atoms with Crippen molar-refractivity contribution in [1.29, 1.82) is 0 Å². The highest BCUT2D eigenvalue weighted by molar-refractivity contribution is 6.74. The van der Waals surface area contributed by atoms with Gasteiger partial charge in [-0.25, -0.2) is 4.79 Å². The molecule has 0 radical (unpaired) electrons. The number of aliphatic carboxylic acids is 1. The van der Waals surface area contributed by atoms with E-state index in [1.807, 2.05) is 6.92 Å². The summed E-state index contributed by atoms with van der Waals surface area (Å²) in [5, 5.41) is 19.3. The van der Waals surface area contributed by atoms with Crippen molar-refractivity contribution in [3.63, 3.8) is 0 Å². The molecule has 0 saturated heterocycles. The summed E-state index contributed by atoms with van der Waals surface area (Å²) < 4.78 is 6.25. The zero-order valence-corrected chi connectivity index (χ0v) is 13.8. The molecule has 0 aromatic rings. The Morgan fingerprint density at radius 2 is 2.00 bits per heavy atom. The molecule has 19 heavy (non-hydrogen) atoms. The van der Waals surface area contributed by atoms with Crippen LogP contribution in [0.15, 0.2) is 11.6 Å². The van der Waals surface area contributed by atoms with E-state index in [9.17, 15) is 9.90 Å². The van der Waals surface area contributed by atoms with Gasteiger partial charge < -0.3 is 14.6 Å². The second-order valence-corrected chi connectivity index (χ2v) is 11.8. The van der Waals surface area contributed by atoms with Crippen LogP contribution in [0.25, 0.3) is 0 Å². The lowest BCUT2D eigenvalue weighted by molar-refractivity contribution is -0.161. The van der Waals surface area contributed by atoms with Crippen molar-refractivity contribution < 1.29 is 19.4 Å². The number of carboxylic acids is 1. The third-order valence-corrected chi connectivity index (χ3v) is 8.92. The molecule has 1 aliphatic rings. The fourth-order valence-electron chi connectivity index (χ4n) is 1.85. The predicted molar refractivity (Wildman–Crippen MR) is 77.6 cm³/mol. The molecule has 0 saturated carbocycles. The van der Waals surface area contributed by atoms with Gasteiger partial charge in [0.15, 0.2) is 13.9 Å². The Labute approximate surface area is 116 Å². The van der Waals surface area contributed by atoms with Gasteiger partial charge >= 0.3 is 5.97 Å². The molecule has 0 unspecified atom stereocenters. The summed E-state index contributed by atoms with van der Waals surface area (Å²) in [7, 11) is -1.98. The summed E-state index contributed by atoms with van der Waals surface area (Å²) >= 11 is 0. The third-order valence-electron chi connectivity index (χ3n) is 4.43. The van der Waals surface area contributed by atoms with Crippen LogP contribution in [0, 0.1) is 0 Å². The lowest BCUT2D eigenvalue weighted by atomic mass is 9.84. The van der Waals surface area contributed by atoms with Crippen LogP contribution in [0.3, 0.4) is 0 Å². The van der Waals surface area contributed by atoms with Gasteiger partial charge in [-0.2, -0.15) is 0 Å². The topological polar surface area (TPSA) is 66.8 Å². The molecule has 0 spiro atoms. The van der Waals surface area contributed by atoms with E-state index in [-0.39, 0.29) is 24.0 Å². The van der Waals surface area contributed by atoms with Gasteiger partial charge in [0, 0.05) is 12.8 Å². The largest absolute Gasteiger partial charge is 0.479 e. The van der Waals surface area contributed by atoms with Crippen LogP contribution in [0.2, 0.25) is 18.1 Å². The molecule has 0 aromatic carbocycles. The van der Waals surface area contributed by atoms with Crippen LogP contribution < -0.4 is 0 Å². The molecule has 0 fully saturated rings. The number of hydrogen-bond donors (Lipinski definition) is 2. The molecule has 4 nitrogen and oxygen atoms in total. The first-order chi connectivity index (χ1) is 8.39. The predicted octanol–water partition coefficient (Wildman–Crippen LogP) is 2.93. The zero-order chi connectivity index (χ0) is 15.1. The fraction of sp³-hybridized carbons (Fsp3) is 0.786. The fourth-order valence-corrected chi connectivity index (χ4v) is 3.19. The van der Waals surface area contributed by atoms with Crippen molar-refractivity contribution in [2.24, 2.45) is 0 Å². The minimum atomic E-state index is -1.98. The van der Waals surface area contributed by atoms with Crippen LogP contribution >= 0.6 is 0 Å². The average Bonchev–Trinajstić information content (AvgIpc) is 2.21. The normalized spacial score (nSPS) is 29.0. The lowest BCUT2D eigenvalue weighted by Crippen LogP contribution is -2.50. The molecular weight excluding hydrogens is 260 g/mol. The van der Waals surface area contributed by atoms with Crippen molar-refractivity contribution in [2.75, 3.05) is 0 Å². The maximum absolute atomic E-state index is 11.2. The first-order valence-electron chi connectivity index (χ1n) is 6.69. The quantitative estimate of drug-likeness (QED) is 0.618. The van der Waals surface area contributed by atoms with Crippen molar-refractivity contribution in [3.8, 4) is 0 Å². The average molecular weight is 286 g/mol. The van der Waals surface area contributed by atoms with Gasteiger partial charge in [0.25, 0.3) is 0 Å². The molecular formula is C14H26O4Si. The van der Waals surface area contributed by atoms with E-state index in [0.29, 0.717) is 0 Å². The number of carboxylic acid groups (broad SMARTS) is 1. The van der Waals surface area contributed by atoms with E-state index in [2.05, 4.69) is 33.9 Å². The zero-order valence-electron chi connectivity index (χ0n) is 12.8. The van der Waals surface area contributed by atoms with Crippen molar-refractivity contribution in [1.82, 2.24) is 0 Å². The number of hydrogen-bond acceptors (Lipinski definition) is 3. The van der Waals surface area contributed by atoms with Gasteiger partial charge in [-0.15, -0.1) is 0 Å². The van der Waals surface area contributed by atoms with E-state index in [0.717, 1.165) is 5.57 Å². The Balaban J connectivity index is 2.93. The van der Waals surface area contributed by atoms with E-state index in [4.69, 9.17) is 9.53 Å². The molecule has 0 amide bonds. The first-order valence-corrected chi connectivity index (χ1v) is 9.60. The highest BCUT2D eigenvalue weighted by Gasteiger charge is 2.45. The van der Waals surface area contributed by atoms with Crippen LogP contribution in [0.5, 0.6) is 0 Å². The van der Waals surface area contributed by atoms with Gasteiger partial charge in [-0.05, 0) is 30.6 Å². The number of rotatable bonds is 3. The summed E-state index contributed by atoms with van der Waals surface area (Å²) in [5.74, 6) is -1.17. The minimum absolute atomic E-state index is 0.0616. The van der Waals surface area contributed by atoms with Gasteiger partial charge in [0.2, 0.25) is 0 Å². The van der Waals surface area contributed by atoms with Gasteiger partial charge in [0.1, 0.15) is 0 Å². The number of aliphatic hydroxyl groups is 1. The molecule has 2 N–H and O–H groups in total. The molecule has 1 aliphatic carbocycles. The van der Waals surface area contributed by atoms with Crippen LogP contribution in [0.1, 0.15) is 40.5 Å². The monoisotopic (exact) mass is 286 g/mol. The maximum Gasteiger partial charge on any atom is 0.336 e. The molecule has 0 bridgehead atoms. The van der Waals surface area contributed by atoms with Gasteiger partial charge in [-0.1, -0.05) is 26.8 Å². The van der Waals surface area contributed by atoms with Crippen LogP contribution in [0.4, 0.5) is 0 Å². The van der Waals surface area contributed by atoms with Gasteiger partial charge in [0.05, 0.1) is 6.10 Å². The standard InChI is InChI=1S/C14H26O4Si/c1-10-7-8-14(17,12(15)16)9-11(10)18-19(5,6)13(2,3)4/h7,11,17H,8-9H2,1-6H3,(H,15,16)/t11-,14-/m1/s1. The lowest BCUT2D eigenvalue weighted by Gasteiger charge is -2.42. The molecule has 0 aromatic heterocycles. The summed E-state index contributed by atoms with van der Waals surface area (Å²) in [4.78, 5) is 11.2. The van der Waals surface area contributed by atoms with E-state index in [1.54, 1.807) is 6.08 Å². The van der Waals surface area contributed by atoms with Crippen LogP contribution in [-0.2, 0) is 9.22 Å². The summed E-state index contributed by atoms with van der Waals surface area (Å²) in [6, 6.07) is 0. The Hall–Kier alpha value is -0.653. The number of carbonyl (C=O) groups is 1. The maximum atomic E-state index is 11.2. The summed E-state index contributed by atoms with van der Waals surface area (Å²) in [5.41, 5.74) is -0.664. The highest BCUT2D eigenvalue weighted by Crippen LogP contribution is 2.40. The Morgan fingerprint density at radius 3 is 2.42 bits per heavy atom. The molecule has 1 rings (SSSR count). The SMILES string of the molecule is CC1=CC[C@](O)(C(=O)O)C[C@H]1O[Si](C)(C)C(C)(C)C. The van der Waals surface area contributed by atoms with Crippen molar-refractivity contribution in [3.05, 3.63) is 11.6 Å². The van der Waals surface area contributed by atoms with E-state index >= 15 is 0 Å². The van der Waals surface area contributed by atoms with Crippen molar-refractivity contribution in [2.45, 2.75) is 70.4 Å². The molecule has 0 heterocycles. The van der Waals surface area contributed by atoms with E-state index in [1.165, 1.54) is 0 Å². The smallest absolute Gasteiger partial charge is 0.336 e. The second-order valence-electron chi connectivity index (χ2n) is 7.06. The summed E-state index contributed by atoms with van der Waals surface area (Å²) in [6.07, 6.45) is 1.79. The van der Waals surface area contributed by atoms with E-state index < -0.39 is 19.9 Å². The first kappa shape index (κ1) is 16.4. The summed E-state index contributed by atoms with van der Waals surface area (Å²) in [6.45, 7) is 12.6. The molecule has 110 valence electrons. The second kappa shape index (κ2) is 5.03. The van der Waals surface area contributed by atoms with Gasteiger partial charge in [-0.3, -0.25) is 0 Å². The van der Waals surface area contributed by atoms with Crippen LogP contribution in [-0.4, -0.2) is 36.2 Å². The molecule has 0 aliphatic heterocycles. The molecule has 2 atom stereocenters. The van der Waals surface area contributed by atoms with Crippen molar-refractivity contribution >= 4 is 14.3 Å². The Kier molecular flexibility index (Phi) is 4.35. The molecule has 5 heteroatoms. The third kappa shape index (κ3) is 3.46. The Morgan fingerprint density at radius 1 is 1.47 bits per heavy atom. The highest BCUT2D eigenvalue weighted by atomic mass is 28.4.